The Kier molecular flexibility index (Phi) is 5.81. The minimum atomic E-state index is -0.370. The average molecular weight is 402 g/mol. The summed E-state index contributed by atoms with van der Waals surface area (Å²) >= 11 is 3.18. The summed E-state index contributed by atoms with van der Waals surface area (Å²) in [5.74, 6) is 0.354. The molecular weight excluding hydrogens is 382 g/mol. The van der Waals surface area contributed by atoms with E-state index in [1.165, 1.54) is 0 Å². The van der Waals surface area contributed by atoms with Gasteiger partial charge in [-0.25, -0.2) is 9.78 Å². The molecule has 1 aromatic carbocycles. The van der Waals surface area contributed by atoms with Crippen molar-refractivity contribution in [1.29, 1.82) is 0 Å². The van der Waals surface area contributed by atoms with Crippen molar-refractivity contribution in [3.63, 3.8) is 0 Å². The van der Waals surface area contributed by atoms with Gasteiger partial charge in [-0.05, 0) is 48.6 Å². The quantitative estimate of drug-likeness (QED) is 0.533. The highest BCUT2D eigenvalue weighted by molar-refractivity contribution is 7.14. The molecule has 3 aromatic rings. The lowest BCUT2D eigenvalue weighted by molar-refractivity contribution is 0.0468. The standard InChI is InChI=1S/C20H19NO4S2/c22-20(25-10-16-13-27-19(21-16)15-7-9-26-12-15)14-3-5-17(6-4-14)24-11-18-2-1-8-23-18/h3-7,9,12-13,18H,1-2,8,10-11H2/t18-/m1/s1. The number of aromatic nitrogens is 1. The van der Waals surface area contributed by atoms with E-state index >= 15 is 0 Å². The Morgan fingerprint density at radius 2 is 2.11 bits per heavy atom. The maximum Gasteiger partial charge on any atom is 0.338 e. The van der Waals surface area contributed by atoms with Crippen molar-refractivity contribution in [3.8, 4) is 16.3 Å². The van der Waals surface area contributed by atoms with Gasteiger partial charge < -0.3 is 14.2 Å². The molecule has 140 valence electrons. The summed E-state index contributed by atoms with van der Waals surface area (Å²) in [7, 11) is 0. The molecule has 0 N–H and O–H groups in total. The first-order chi connectivity index (χ1) is 13.3. The van der Waals surface area contributed by atoms with Crippen LogP contribution in [-0.4, -0.2) is 30.3 Å². The molecular formula is C20H19NO4S2. The molecule has 0 saturated carbocycles. The molecule has 4 rings (SSSR count). The molecule has 0 aliphatic carbocycles. The van der Waals surface area contributed by atoms with E-state index in [1.54, 1.807) is 46.9 Å². The number of thiazole rings is 1. The van der Waals surface area contributed by atoms with Gasteiger partial charge in [0.15, 0.2) is 0 Å². The Morgan fingerprint density at radius 1 is 1.22 bits per heavy atom. The van der Waals surface area contributed by atoms with E-state index in [0.717, 1.165) is 41.5 Å². The van der Waals surface area contributed by atoms with Gasteiger partial charge in [-0.15, -0.1) is 11.3 Å². The fourth-order valence-electron chi connectivity index (χ4n) is 2.77. The normalized spacial score (nSPS) is 16.4. The molecule has 7 heteroatoms. The first-order valence-corrected chi connectivity index (χ1v) is 10.6. The van der Waals surface area contributed by atoms with E-state index in [9.17, 15) is 4.79 Å². The zero-order valence-electron chi connectivity index (χ0n) is 14.6. The van der Waals surface area contributed by atoms with Crippen LogP contribution in [0.15, 0.2) is 46.5 Å². The lowest BCUT2D eigenvalue weighted by Gasteiger charge is -2.11. The smallest absolute Gasteiger partial charge is 0.338 e. The number of ether oxygens (including phenoxy) is 3. The summed E-state index contributed by atoms with van der Waals surface area (Å²) < 4.78 is 16.6. The Hall–Kier alpha value is -2.22. The van der Waals surface area contributed by atoms with E-state index in [4.69, 9.17) is 14.2 Å². The summed E-state index contributed by atoms with van der Waals surface area (Å²) in [4.78, 5) is 16.7. The summed E-state index contributed by atoms with van der Waals surface area (Å²) in [6.45, 7) is 1.52. The van der Waals surface area contributed by atoms with E-state index in [1.807, 2.05) is 16.8 Å². The van der Waals surface area contributed by atoms with Crippen LogP contribution < -0.4 is 4.74 Å². The van der Waals surface area contributed by atoms with Crippen molar-refractivity contribution in [3.05, 3.63) is 57.7 Å². The summed E-state index contributed by atoms with van der Waals surface area (Å²) in [5.41, 5.74) is 2.35. The maximum absolute atomic E-state index is 12.2. The molecule has 0 bridgehead atoms. The molecule has 0 amide bonds. The maximum atomic E-state index is 12.2. The molecule has 3 heterocycles. The molecule has 2 aromatic heterocycles. The number of hydrogen-bond acceptors (Lipinski definition) is 7. The fourth-order valence-corrected chi connectivity index (χ4v) is 4.28. The summed E-state index contributed by atoms with van der Waals surface area (Å²) in [6.07, 6.45) is 2.30. The van der Waals surface area contributed by atoms with Crippen molar-refractivity contribution >= 4 is 28.6 Å². The average Bonchev–Trinajstić information content (AvgIpc) is 3.47. The molecule has 1 aliphatic heterocycles. The number of rotatable bonds is 7. The monoisotopic (exact) mass is 401 g/mol. The van der Waals surface area contributed by atoms with Gasteiger partial charge in [0.25, 0.3) is 0 Å². The number of thiophene rings is 1. The number of esters is 1. The van der Waals surface area contributed by atoms with Gasteiger partial charge in [0.05, 0.1) is 17.4 Å². The molecule has 0 unspecified atom stereocenters. The van der Waals surface area contributed by atoms with Crippen LogP contribution >= 0.6 is 22.7 Å². The van der Waals surface area contributed by atoms with Gasteiger partial charge in [-0.2, -0.15) is 11.3 Å². The molecule has 1 atom stereocenters. The van der Waals surface area contributed by atoms with Gasteiger partial charge in [0.1, 0.15) is 24.0 Å². The predicted octanol–water partition coefficient (Wildman–Crippen LogP) is 4.79. The van der Waals surface area contributed by atoms with Crippen molar-refractivity contribution < 1.29 is 19.0 Å². The molecule has 0 radical (unpaired) electrons. The predicted molar refractivity (Wildman–Crippen MR) is 105 cm³/mol. The van der Waals surface area contributed by atoms with Crippen LogP contribution in [0.1, 0.15) is 28.9 Å². The highest BCUT2D eigenvalue weighted by Crippen LogP contribution is 2.26. The van der Waals surface area contributed by atoms with Crippen molar-refractivity contribution in [1.82, 2.24) is 4.98 Å². The first kappa shape index (κ1) is 18.2. The molecule has 1 fully saturated rings. The molecule has 27 heavy (non-hydrogen) atoms. The highest BCUT2D eigenvalue weighted by atomic mass is 32.1. The molecule has 1 saturated heterocycles. The second-order valence-electron chi connectivity index (χ2n) is 6.20. The highest BCUT2D eigenvalue weighted by Gasteiger charge is 2.16. The third kappa shape index (κ3) is 4.74. The minimum Gasteiger partial charge on any atom is -0.491 e. The largest absolute Gasteiger partial charge is 0.491 e. The molecule has 1 aliphatic rings. The van der Waals surface area contributed by atoms with Gasteiger partial charge >= 0.3 is 5.97 Å². The van der Waals surface area contributed by atoms with E-state index in [0.29, 0.717) is 12.2 Å². The fraction of sp³-hybridized carbons (Fsp3) is 0.300. The minimum absolute atomic E-state index is 0.163. The number of nitrogens with zero attached hydrogens (tertiary/aromatic N) is 1. The van der Waals surface area contributed by atoms with Gasteiger partial charge in [-0.3, -0.25) is 0 Å². The van der Waals surface area contributed by atoms with Crippen LogP contribution in [0.2, 0.25) is 0 Å². The topological polar surface area (TPSA) is 57.7 Å². The van der Waals surface area contributed by atoms with Crippen LogP contribution in [0.25, 0.3) is 10.6 Å². The van der Waals surface area contributed by atoms with Crippen LogP contribution in [-0.2, 0) is 16.1 Å². The summed E-state index contributed by atoms with van der Waals surface area (Å²) in [6, 6.07) is 9.02. The number of hydrogen-bond donors (Lipinski definition) is 0. The van der Waals surface area contributed by atoms with Crippen LogP contribution in [0, 0.1) is 0 Å². The lowest BCUT2D eigenvalue weighted by Crippen LogP contribution is -2.16. The third-order valence-corrected chi connectivity index (χ3v) is 5.84. The lowest BCUT2D eigenvalue weighted by atomic mass is 10.2. The Balaban J connectivity index is 1.28. The van der Waals surface area contributed by atoms with Crippen molar-refractivity contribution in [2.45, 2.75) is 25.6 Å². The Labute approximate surface area is 165 Å². The Bertz CT molecular complexity index is 868. The first-order valence-electron chi connectivity index (χ1n) is 8.76. The second-order valence-corrected chi connectivity index (χ2v) is 7.84. The SMILES string of the molecule is O=C(OCc1csc(-c2ccsc2)n1)c1ccc(OC[C@H]2CCCO2)cc1. The molecule has 5 nitrogen and oxygen atoms in total. The van der Waals surface area contributed by atoms with Crippen LogP contribution in [0.5, 0.6) is 5.75 Å². The molecule has 0 spiro atoms. The van der Waals surface area contributed by atoms with Gasteiger partial charge in [0, 0.05) is 22.9 Å². The van der Waals surface area contributed by atoms with Gasteiger partial charge in [0.2, 0.25) is 0 Å². The number of carbonyl (C=O) groups is 1. The van der Waals surface area contributed by atoms with Crippen molar-refractivity contribution in [2.24, 2.45) is 0 Å². The van der Waals surface area contributed by atoms with Crippen LogP contribution in [0.3, 0.4) is 0 Å². The number of benzene rings is 1. The number of carbonyl (C=O) groups excluding carboxylic acids is 1. The van der Waals surface area contributed by atoms with E-state index in [-0.39, 0.29) is 18.7 Å². The zero-order chi connectivity index (χ0) is 18.5. The van der Waals surface area contributed by atoms with Crippen LogP contribution in [0.4, 0.5) is 0 Å². The van der Waals surface area contributed by atoms with E-state index < -0.39 is 0 Å². The van der Waals surface area contributed by atoms with Gasteiger partial charge in [-0.1, -0.05) is 0 Å². The Morgan fingerprint density at radius 3 is 2.85 bits per heavy atom. The zero-order valence-corrected chi connectivity index (χ0v) is 16.3. The van der Waals surface area contributed by atoms with Crippen molar-refractivity contribution in [2.75, 3.05) is 13.2 Å². The second kappa shape index (κ2) is 8.65. The summed E-state index contributed by atoms with van der Waals surface area (Å²) in [5, 5.41) is 6.93. The third-order valence-electron chi connectivity index (χ3n) is 4.22. The van der Waals surface area contributed by atoms with E-state index in [2.05, 4.69) is 10.4 Å².